The smallest absolute Gasteiger partial charge is 0.0900 e. The Morgan fingerprint density at radius 1 is 1.29 bits per heavy atom. The average molecular weight is 302 g/mol. The predicted molar refractivity (Wildman–Crippen MR) is 85.6 cm³/mol. The largest absolute Gasteiger partial charge is 0.389 e. The van der Waals surface area contributed by atoms with Crippen molar-refractivity contribution in [2.45, 2.75) is 38.7 Å². The molecule has 1 saturated heterocycles. The number of unbranched alkanes of at least 4 members (excludes halogenated alkanes) is 1. The van der Waals surface area contributed by atoms with E-state index < -0.39 is 0 Å². The lowest BCUT2D eigenvalue weighted by Crippen LogP contribution is -2.42. The van der Waals surface area contributed by atoms with Gasteiger partial charge in [0.15, 0.2) is 0 Å². The van der Waals surface area contributed by atoms with E-state index >= 15 is 0 Å². The van der Waals surface area contributed by atoms with Crippen LogP contribution in [0, 0.1) is 5.92 Å². The molecule has 1 atom stereocenters. The van der Waals surface area contributed by atoms with Crippen LogP contribution in [0.5, 0.6) is 0 Å². The molecule has 21 heavy (non-hydrogen) atoms. The van der Waals surface area contributed by atoms with E-state index in [9.17, 15) is 5.11 Å². The van der Waals surface area contributed by atoms with E-state index in [1.54, 1.807) is 7.11 Å². The first-order valence-corrected chi connectivity index (χ1v) is 8.44. The Labute approximate surface area is 130 Å². The molecular formula is C16H34N2O3. The normalized spacial score (nSPS) is 19.0. The van der Waals surface area contributed by atoms with Crippen LogP contribution in [0.15, 0.2) is 0 Å². The van der Waals surface area contributed by atoms with Crippen molar-refractivity contribution >= 4 is 0 Å². The molecule has 126 valence electrons. The lowest BCUT2D eigenvalue weighted by molar-refractivity contribution is 0.00992. The van der Waals surface area contributed by atoms with Gasteiger partial charge in [0.2, 0.25) is 0 Å². The van der Waals surface area contributed by atoms with Crippen LogP contribution in [-0.2, 0) is 9.47 Å². The molecule has 1 heterocycles. The van der Waals surface area contributed by atoms with Gasteiger partial charge in [-0.2, -0.15) is 0 Å². The van der Waals surface area contributed by atoms with Crippen molar-refractivity contribution in [1.29, 1.82) is 0 Å². The van der Waals surface area contributed by atoms with Crippen LogP contribution in [0.4, 0.5) is 0 Å². The van der Waals surface area contributed by atoms with E-state index in [1.165, 1.54) is 12.8 Å². The number of rotatable bonds is 12. The van der Waals surface area contributed by atoms with Crippen LogP contribution in [0.3, 0.4) is 0 Å². The quantitative estimate of drug-likeness (QED) is 0.529. The van der Waals surface area contributed by atoms with Crippen LogP contribution < -0.4 is 5.32 Å². The fourth-order valence-electron chi connectivity index (χ4n) is 2.67. The number of methoxy groups -OCH3 is 1. The highest BCUT2D eigenvalue weighted by Gasteiger charge is 2.20. The van der Waals surface area contributed by atoms with Gasteiger partial charge in [0.25, 0.3) is 0 Å². The van der Waals surface area contributed by atoms with Crippen molar-refractivity contribution in [2.75, 3.05) is 59.7 Å². The van der Waals surface area contributed by atoms with Gasteiger partial charge in [-0.3, -0.25) is 0 Å². The highest BCUT2D eigenvalue weighted by atomic mass is 16.5. The zero-order valence-corrected chi connectivity index (χ0v) is 13.9. The number of aliphatic hydroxyl groups excluding tert-OH is 1. The molecule has 5 heteroatoms. The van der Waals surface area contributed by atoms with Gasteiger partial charge in [-0.15, -0.1) is 0 Å². The number of β-amino-alcohol motifs (C(OH)–C–C–N with tert-alkyl or cyclic N) is 1. The minimum Gasteiger partial charge on any atom is -0.389 e. The first-order chi connectivity index (χ1) is 10.3. The first-order valence-electron chi connectivity index (χ1n) is 8.44. The van der Waals surface area contributed by atoms with Gasteiger partial charge < -0.3 is 24.8 Å². The van der Waals surface area contributed by atoms with E-state index in [-0.39, 0.29) is 6.10 Å². The number of hydrogen-bond donors (Lipinski definition) is 2. The lowest BCUT2D eigenvalue weighted by atomic mass is 9.96. The monoisotopic (exact) mass is 302 g/mol. The van der Waals surface area contributed by atoms with Gasteiger partial charge >= 0.3 is 0 Å². The molecule has 0 radical (unpaired) electrons. The van der Waals surface area contributed by atoms with E-state index in [0.29, 0.717) is 6.61 Å². The predicted octanol–water partition coefficient (Wildman–Crippen LogP) is 1.11. The van der Waals surface area contributed by atoms with Gasteiger partial charge in [0, 0.05) is 26.8 Å². The molecular weight excluding hydrogens is 268 g/mol. The number of aliphatic hydroxyl groups is 1. The molecule has 0 aromatic carbocycles. The summed E-state index contributed by atoms with van der Waals surface area (Å²) in [6.07, 6.45) is 4.29. The topological polar surface area (TPSA) is 54.0 Å². The Morgan fingerprint density at radius 2 is 2.05 bits per heavy atom. The third-order valence-electron chi connectivity index (χ3n) is 4.04. The summed E-state index contributed by atoms with van der Waals surface area (Å²) < 4.78 is 10.5. The molecule has 0 bridgehead atoms. The summed E-state index contributed by atoms with van der Waals surface area (Å²) in [5.74, 6) is 0.760. The molecule has 1 aliphatic heterocycles. The molecule has 0 saturated carbocycles. The minimum atomic E-state index is -0.349. The molecule has 2 N–H and O–H groups in total. The van der Waals surface area contributed by atoms with Crippen LogP contribution in [-0.4, -0.2) is 75.8 Å². The molecule has 1 fully saturated rings. The highest BCUT2D eigenvalue weighted by molar-refractivity contribution is 4.75. The summed E-state index contributed by atoms with van der Waals surface area (Å²) in [6, 6.07) is 0. The molecule has 1 aliphatic rings. The van der Waals surface area contributed by atoms with E-state index in [1.807, 2.05) is 0 Å². The maximum atomic E-state index is 9.97. The zero-order chi connectivity index (χ0) is 15.3. The summed E-state index contributed by atoms with van der Waals surface area (Å²) in [6.45, 7) is 9.10. The molecule has 0 aromatic rings. The number of likely N-dealkylation sites (tertiary alicyclic amines) is 1. The summed E-state index contributed by atoms with van der Waals surface area (Å²) >= 11 is 0. The number of ether oxygens (including phenoxy) is 2. The standard InChI is InChI=1S/C16H34N2O3/c1-3-4-10-21-14-16(19)13-18-8-5-15(6-9-18)12-17-7-11-20-2/h15-17,19H,3-14H2,1-2H3. The van der Waals surface area contributed by atoms with Gasteiger partial charge in [0.05, 0.1) is 19.3 Å². The Kier molecular flexibility index (Phi) is 11.1. The van der Waals surface area contributed by atoms with Crippen molar-refractivity contribution in [3.05, 3.63) is 0 Å². The lowest BCUT2D eigenvalue weighted by Gasteiger charge is -2.33. The third kappa shape index (κ3) is 9.42. The molecule has 0 aliphatic carbocycles. The number of hydrogen-bond acceptors (Lipinski definition) is 5. The number of nitrogens with zero attached hydrogens (tertiary/aromatic N) is 1. The third-order valence-corrected chi connectivity index (χ3v) is 4.04. The van der Waals surface area contributed by atoms with Crippen LogP contribution >= 0.6 is 0 Å². The molecule has 0 amide bonds. The van der Waals surface area contributed by atoms with Gasteiger partial charge in [-0.1, -0.05) is 13.3 Å². The Morgan fingerprint density at radius 3 is 2.71 bits per heavy atom. The van der Waals surface area contributed by atoms with Crippen molar-refractivity contribution < 1.29 is 14.6 Å². The van der Waals surface area contributed by atoms with Crippen LogP contribution in [0.2, 0.25) is 0 Å². The Balaban J connectivity index is 2.01. The maximum absolute atomic E-state index is 9.97. The van der Waals surface area contributed by atoms with Crippen molar-refractivity contribution in [3.8, 4) is 0 Å². The van der Waals surface area contributed by atoms with E-state index in [4.69, 9.17) is 9.47 Å². The number of nitrogens with one attached hydrogen (secondary N) is 1. The van der Waals surface area contributed by atoms with Crippen molar-refractivity contribution in [1.82, 2.24) is 10.2 Å². The maximum Gasteiger partial charge on any atom is 0.0900 e. The molecule has 1 rings (SSSR count). The molecule has 1 unspecified atom stereocenters. The van der Waals surface area contributed by atoms with Crippen molar-refractivity contribution in [2.24, 2.45) is 5.92 Å². The average Bonchev–Trinajstić information content (AvgIpc) is 2.50. The zero-order valence-electron chi connectivity index (χ0n) is 13.9. The molecule has 0 aromatic heterocycles. The van der Waals surface area contributed by atoms with Gasteiger partial charge in [-0.05, 0) is 44.8 Å². The summed E-state index contributed by atoms with van der Waals surface area (Å²) in [5.41, 5.74) is 0. The second-order valence-corrected chi connectivity index (χ2v) is 6.02. The second kappa shape index (κ2) is 12.4. The molecule has 5 nitrogen and oxygen atoms in total. The van der Waals surface area contributed by atoms with E-state index in [0.717, 1.165) is 64.7 Å². The SMILES string of the molecule is CCCCOCC(O)CN1CCC(CNCCOC)CC1. The number of piperidine rings is 1. The van der Waals surface area contributed by atoms with E-state index in [2.05, 4.69) is 17.1 Å². The fraction of sp³-hybridized carbons (Fsp3) is 1.00. The van der Waals surface area contributed by atoms with Gasteiger partial charge in [-0.25, -0.2) is 0 Å². The van der Waals surface area contributed by atoms with Gasteiger partial charge in [0.1, 0.15) is 0 Å². The summed E-state index contributed by atoms with van der Waals surface area (Å²) in [7, 11) is 1.73. The Bertz CT molecular complexity index is 234. The Hall–Kier alpha value is -0.200. The fourth-order valence-corrected chi connectivity index (χ4v) is 2.67. The summed E-state index contributed by atoms with van der Waals surface area (Å²) in [4.78, 5) is 2.36. The highest BCUT2D eigenvalue weighted by Crippen LogP contribution is 2.16. The second-order valence-electron chi connectivity index (χ2n) is 6.02. The minimum absolute atomic E-state index is 0.349. The van der Waals surface area contributed by atoms with Crippen molar-refractivity contribution in [3.63, 3.8) is 0 Å². The summed E-state index contributed by atoms with van der Waals surface area (Å²) in [5, 5.41) is 13.4. The van der Waals surface area contributed by atoms with Crippen LogP contribution in [0.25, 0.3) is 0 Å². The molecule has 0 spiro atoms. The van der Waals surface area contributed by atoms with Crippen LogP contribution in [0.1, 0.15) is 32.6 Å². The first kappa shape index (κ1) is 18.8.